The van der Waals surface area contributed by atoms with Gasteiger partial charge in [0, 0.05) is 6.42 Å². The van der Waals surface area contributed by atoms with Gasteiger partial charge < -0.3 is 5.32 Å². The van der Waals surface area contributed by atoms with E-state index in [1.54, 1.807) is 0 Å². The van der Waals surface area contributed by atoms with Crippen LogP contribution in [0, 0.1) is 23.0 Å². The lowest BCUT2D eigenvalue weighted by Gasteiger charge is -2.10. The third-order valence-electron chi connectivity index (χ3n) is 2.70. The number of halogens is 2. The summed E-state index contributed by atoms with van der Waals surface area (Å²) in [6, 6.07) is 4.62. The number of nitriles is 1. The number of amides is 1. The topological polar surface area (TPSA) is 52.9 Å². The number of nitrogens with one attached hydrogen (secondary N) is 1. The zero-order chi connectivity index (χ0) is 14.3. The maximum Gasteiger partial charge on any atom is 0.221 e. The molecule has 0 bridgehead atoms. The van der Waals surface area contributed by atoms with Crippen LogP contribution >= 0.6 is 0 Å². The quantitative estimate of drug-likeness (QED) is 0.860. The average Bonchev–Trinajstić information content (AvgIpc) is 2.39. The number of rotatable bonds is 6. The summed E-state index contributed by atoms with van der Waals surface area (Å²) in [6.07, 6.45) is 1.51. The molecule has 3 nitrogen and oxygen atoms in total. The molecule has 0 spiro atoms. The molecular formula is C14H16F2N2O. The highest BCUT2D eigenvalue weighted by Crippen LogP contribution is 2.11. The summed E-state index contributed by atoms with van der Waals surface area (Å²) in [7, 11) is 0. The highest BCUT2D eigenvalue weighted by atomic mass is 19.1. The fourth-order valence-corrected chi connectivity index (χ4v) is 1.71. The molecule has 0 heterocycles. The molecule has 0 saturated carbocycles. The third-order valence-corrected chi connectivity index (χ3v) is 2.70. The number of carbonyl (C=O) groups is 1. The molecule has 1 aromatic rings. The SMILES string of the molecule is CCCC(C#N)NC(=O)CCc1cc(F)ccc1F. The summed E-state index contributed by atoms with van der Waals surface area (Å²) in [5.41, 5.74) is 0.166. The van der Waals surface area contributed by atoms with Crippen molar-refractivity contribution in [1.82, 2.24) is 5.32 Å². The van der Waals surface area contributed by atoms with Crippen molar-refractivity contribution in [3.8, 4) is 6.07 Å². The van der Waals surface area contributed by atoms with E-state index < -0.39 is 17.7 Å². The van der Waals surface area contributed by atoms with Gasteiger partial charge in [0.15, 0.2) is 0 Å². The fourth-order valence-electron chi connectivity index (χ4n) is 1.71. The van der Waals surface area contributed by atoms with Crippen LogP contribution in [-0.2, 0) is 11.2 Å². The largest absolute Gasteiger partial charge is 0.340 e. The molecule has 0 aliphatic rings. The van der Waals surface area contributed by atoms with Crippen LogP contribution in [0.3, 0.4) is 0 Å². The van der Waals surface area contributed by atoms with Crippen LogP contribution in [0.5, 0.6) is 0 Å². The van der Waals surface area contributed by atoms with Crippen molar-refractivity contribution in [2.45, 2.75) is 38.6 Å². The molecule has 19 heavy (non-hydrogen) atoms. The minimum atomic E-state index is -0.530. The Kier molecular flexibility index (Phi) is 5.94. The first-order chi connectivity index (χ1) is 9.06. The van der Waals surface area contributed by atoms with Gasteiger partial charge in [-0.25, -0.2) is 8.78 Å². The zero-order valence-electron chi connectivity index (χ0n) is 10.7. The molecule has 102 valence electrons. The van der Waals surface area contributed by atoms with Crippen molar-refractivity contribution in [1.29, 1.82) is 5.26 Å². The summed E-state index contributed by atoms with van der Waals surface area (Å²) >= 11 is 0. The summed E-state index contributed by atoms with van der Waals surface area (Å²) in [5.74, 6) is -1.39. The Labute approximate surface area is 111 Å². The molecule has 0 radical (unpaired) electrons. The van der Waals surface area contributed by atoms with Crippen LogP contribution in [0.25, 0.3) is 0 Å². The van der Waals surface area contributed by atoms with Crippen LogP contribution in [0.1, 0.15) is 31.7 Å². The van der Waals surface area contributed by atoms with Crippen molar-refractivity contribution in [3.05, 3.63) is 35.4 Å². The van der Waals surface area contributed by atoms with Gasteiger partial charge in [-0.1, -0.05) is 13.3 Å². The monoisotopic (exact) mass is 266 g/mol. The molecule has 1 unspecified atom stereocenters. The second kappa shape index (κ2) is 7.47. The van der Waals surface area contributed by atoms with Gasteiger partial charge in [0.05, 0.1) is 6.07 Å². The minimum absolute atomic E-state index is 0.0300. The lowest BCUT2D eigenvalue weighted by molar-refractivity contribution is -0.121. The molecule has 1 N–H and O–H groups in total. The normalized spacial score (nSPS) is 11.7. The number of carbonyl (C=O) groups excluding carboxylic acids is 1. The van der Waals surface area contributed by atoms with E-state index in [0.717, 1.165) is 24.6 Å². The van der Waals surface area contributed by atoms with Crippen LogP contribution in [0.15, 0.2) is 18.2 Å². The Bertz CT molecular complexity index is 483. The molecule has 0 aromatic heterocycles. The number of hydrogen-bond donors (Lipinski definition) is 1. The Balaban J connectivity index is 2.50. The van der Waals surface area contributed by atoms with E-state index in [9.17, 15) is 13.6 Å². The smallest absolute Gasteiger partial charge is 0.221 e. The standard InChI is InChI=1S/C14H16F2N2O/c1-2-3-12(9-17)18-14(19)7-4-10-8-11(15)5-6-13(10)16/h5-6,8,12H,2-4,7H2,1H3,(H,18,19). The van der Waals surface area contributed by atoms with Gasteiger partial charge in [0.1, 0.15) is 17.7 Å². The van der Waals surface area contributed by atoms with E-state index >= 15 is 0 Å². The van der Waals surface area contributed by atoms with Gasteiger partial charge in [0.2, 0.25) is 5.91 Å². The Morgan fingerprint density at radius 3 is 2.84 bits per heavy atom. The first-order valence-electron chi connectivity index (χ1n) is 6.19. The molecule has 0 fully saturated rings. The number of hydrogen-bond acceptors (Lipinski definition) is 2. The van der Waals surface area contributed by atoms with Crippen LogP contribution < -0.4 is 5.32 Å². The highest BCUT2D eigenvalue weighted by Gasteiger charge is 2.11. The molecular weight excluding hydrogens is 250 g/mol. The second-order valence-electron chi connectivity index (χ2n) is 4.27. The highest BCUT2D eigenvalue weighted by molar-refractivity contribution is 5.76. The number of nitrogens with zero attached hydrogens (tertiary/aromatic N) is 1. The zero-order valence-corrected chi connectivity index (χ0v) is 10.7. The van der Waals surface area contributed by atoms with Gasteiger partial charge in [-0.15, -0.1) is 0 Å². The lowest BCUT2D eigenvalue weighted by Crippen LogP contribution is -2.33. The molecule has 0 aliphatic heterocycles. The Hall–Kier alpha value is -1.96. The van der Waals surface area contributed by atoms with Crippen molar-refractivity contribution >= 4 is 5.91 Å². The first kappa shape index (κ1) is 15.1. The van der Waals surface area contributed by atoms with E-state index in [2.05, 4.69) is 5.32 Å². The Morgan fingerprint density at radius 1 is 1.47 bits per heavy atom. The third kappa shape index (κ3) is 5.04. The van der Waals surface area contributed by atoms with Crippen LogP contribution in [-0.4, -0.2) is 11.9 Å². The van der Waals surface area contributed by atoms with Crippen molar-refractivity contribution in [2.75, 3.05) is 0 Å². The summed E-state index contributed by atoms with van der Waals surface area (Å²) < 4.78 is 26.2. The van der Waals surface area contributed by atoms with Gasteiger partial charge in [0.25, 0.3) is 0 Å². The van der Waals surface area contributed by atoms with E-state index in [-0.39, 0.29) is 24.3 Å². The summed E-state index contributed by atoms with van der Waals surface area (Å²) in [4.78, 5) is 11.6. The van der Waals surface area contributed by atoms with E-state index in [1.807, 2.05) is 13.0 Å². The first-order valence-corrected chi connectivity index (χ1v) is 6.19. The molecule has 1 rings (SSSR count). The molecule has 1 atom stereocenters. The minimum Gasteiger partial charge on any atom is -0.340 e. The Morgan fingerprint density at radius 2 is 2.21 bits per heavy atom. The molecule has 0 saturated heterocycles. The molecule has 5 heteroatoms. The maximum atomic E-state index is 13.3. The van der Waals surface area contributed by atoms with Crippen LogP contribution in [0.4, 0.5) is 8.78 Å². The average molecular weight is 266 g/mol. The van der Waals surface area contributed by atoms with E-state index in [4.69, 9.17) is 5.26 Å². The molecule has 1 aromatic carbocycles. The van der Waals surface area contributed by atoms with Gasteiger partial charge >= 0.3 is 0 Å². The summed E-state index contributed by atoms with van der Waals surface area (Å²) in [6.45, 7) is 1.92. The predicted octanol–water partition coefficient (Wildman–Crippen LogP) is 2.71. The number of aryl methyl sites for hydroxylation is 1. The fraction of sp³-hybridized carbons (Fsp3) is 0.429. The van der Waals surface area contributed by atoms with E-state index in [1.165, 1.54) is 0 Å². The molecule has 0 aliphatic carbocycles. The predicted molar refractivity (Wildman–Crippen MR) is 67.1 cm³/mol. The number of benzene rings is 1. The van der Waals surface area contributed by atoms with E-state index in [0.29, 0.717) is 6.42 Å². The van der Waals surface area contributed by atoms with Crippen molar-refractivity contribution in [3.63, 3.8) is 0 Å². The second-order valence-corrected chi connectivity index (χ2v) is 4.27. The maximum absolute atomic E-state index is 13.3. The molecule has 1 amide bonds. The van der Waals surface area contributed by atoms with Gasteiger partial charge in [-0.3, -0.25) is 4.79 Å². The van der Waals surface area contributed by atoms with Gasteiger partial charge in [-0.05, 0) is 36.6 Å². The van der Waals surface area contributed by atoms with Gasteiger partial charge in [-0.2, -0.15) is 5.26 Å². The summed E-state index contributed by atoms with van der Waals surface area (Å²) in [5, 5.41) is 11.4. The lowest BCUT2D eigenvalue weighted by atomic mass is 10.1. The van der Waals surface area contributed by atoms with Crippen molar-refractivity contribution < 1.29 is 13.6 Å². The van der Waals surface area contributed by atoms with Crippen LogP contribution in [0.2, 0.25) is 0 Å². The van der Waals surface area contributed by atoms with Crippen molar-refractivity contribution in [2.24, 2.45) is 0 Å².